The van der Waals surface area contributed by atoms with Gasteiger partial charge in [0.15, 0.2) is 0 Å². The monoisotopic (exact) mass is 181 g/mol. The van der Waals surface area contributed by atoms with Crippen LogP contribution in [0.2, 0.25) is 0 Å². The van der Waals surface area contributed by atoms with Gasteiger partial charge < -0.3 is 9.64 Å². The molecule has 1 saturated heterocycles. The molecule has 1 fully saturated rings. The van der Waals surface area contributed by atoms with Gasteiger partial charge in [0.1, 0.15) is 0 Å². The van der Waals surface area contributed by atoms with E-state index < -0.39 is 0 Å². The smallest absolute Gasteiger partial charge is 0.0982 e. The van der Waals surface area contributed by atoms with Crippen molar-refractivity contribution in [2.24, 2.45) is 7.05 Å². The first-order valence-corrected chi connectivity index (χ1v) is 4.54. The summed E-state index contributed by atoms with van der Waals surface area (Å²) in [4.78, 5) is 2.28. The first-order chi connectivity index (χ1) is 6.25. The fourth-order valence-electron chi connectivity index (χ4n) is 1.59. The van der Waals surface area contributed by atoms with Gasteiger partial charge in [-0.3, -0.25) is 4.68 Å². The zero-order valence-electron chi connectivity index (χ0n) is 8.10. The Morgan fingerprint density at radius 3 is 3.00 bits per heavy atom. The second-order valence-electron chi connectivity index (χ2n) is 3.57. The van der Waals surface area contributed by atoms with Gasteiger partial charge in [0, 0.05) is 31.9 Å². The van der Waals surface area contributed by atoms with Crippen molar-refractivity contribution in [2.45, 2.75) is 6.10 Å². The van der Waals surface area contributed by atoms with Gasteiger partial charge in [-0.2, -0.15) is 5.10 Å². The Kier molecular flexibility index (Phi) is 2.33. The van der Waals surface area contributed by atoms with Gasteiger partial charge in [-0.05, 0) is 7.05 Å². The van der Waals surface area contributed by atoms with Crippen LogP contribution < -0.4 is 0 Å². The molecule has 0 bridgehead atoms. The van der Waals surface area contributed by atoms with Gasteiger partial charge >= 0.3 is 0 Å². The number of hydrogen-bond acceptors (Lipinski definition) is 3. The molecular weight excluding hydrogens is 166 g/mol. The van der Waals surface area contributed by atoms with E-state index in [-0.39, 0.29) is 6.10 Å². The molecule has 4 nitrogen and oxygen atoms in total. The largest absolute Gasteiger partial charge is 0.371 e. The van der Waals surface area contributed by atoms with Crippen molar-refractivity contribution in [3.8, 4) is 0 Å². The number of nitrogens with zero attached hydrogens (tertiary/aromatic N) is 3. The predicted octanol–water partition coefficient (Wildman–Crippen LogP) is 0.423. The van der Waals surface area contributed by atoms with E-state index in [1.165, 1.54) is 5.56 Å². The van der Waals surface area contributed by atoms with Crippen molar-refractivity contribution < 1.29 is 4.74 Å². The minimum Gasteiger partial charge on any atom is -0.371 e. The third kappa shape index (κ3) is 1.89. The lowest BCUT2D eigenvalue weighted by atomic mass is 10.2. The number of aromatic nitrogens is 2. The Labute approximate surface area is 78.1 Å². The molecule has 0 spiro atoms. The second-order valence-corrected chi connectivity index (χ2v) is 3.57. The molecule has 1 aromatic heterocycles. The maximum atomic E-state index is 5.65. The van der Waals surface area contributed by atoms with Gasteiger partial charge in [-0.25, -0.2) is 0 Å². The SMILES string of the molecule is CN1CCO[C@@H](c2cnn(C)c2)C1. The molecule has 0 unspecified atom stereocenters. The summed E-state index contributed by atoms with van der Waals surface area (Å²) in [5.41, 5.74) is 1.18. The van der Waals surface area contributed by atoms with E-state index in [1.54, 1.807) is 0 Å². The van der Waals surface area contributed by atoms with Crippen molar-refractivity contribution >= 4 is 0 Å². The van der Waals surface area contributed by atoms with Crippen LogP contribution in [0.3, 0.4) is 0 Å². The van der Waals surface area contributed by atoms with Gasteiger partial charge in [0.05, 0.1) is 18.9 Å². The lowest BCUT2D eigenvalue weighted by Gasteiger charge is -2.29. The summed E-state index contributed by atoms with van der Waals surface area (Å²) in [6.07, 6.45) is 4.10. The van der Waals surface area contributed by atoms with Gasteiger partial charge in [-0.1, -0.05) is 0 Å². The minimum atomic E-state index is 0.201. The predicted molar refractivity (Wildman–Crippen MR) is 49.4 cm³/mol. The number of aryl methyl sites for hydroxylation is 1. The van der Waals surface area contributed by atoms with Crippen molar-refractivity contribution in [3.05, 3.63) is 18.0 Å². The van der Waals surface area contributed by atoms with E-state index in [0.717, 1.165) is 19.7 Å². The third-order valence-corrected chi connectivity index (χ3v) is 2.37. The van der Waals surface area contributed by atoms with Gasteiger partial charge in [-0.15, -0.1) is 0 Å². The number of hydrogen-bond donors (Lipinski definition) is 0. The molecule has 2 rings (SSSR count). The number of ether oxygens (including phenoxy) is 1. The molecule has 1 atom stereocenters. The van der Waals surface area contributed by atoms with E-state index >= 15 is 0 Å². The molecule has 0 N–H and O–H groups in total. The van der Waals surface area contributed by atoms with Crippen LogP contribution in [-0.4, -0.2) is 41.4 Å². The highest BCUT2D eigenvalue weighted by Gasteiger charge is 2.20. The zero-order valence-corrected chi connectivity index (χ0v) is 8.10. The molecule has 0 saturated carbocycles. The zero-order chi connectivity index (χ0) is 9.26. The highest BCUT2D eigenvalue weighted by atomic mass is 16.5. The Morgan fingerprint density at radius 2 is 2.38 bits per heavy atom. The summed E-state index contributed by atoms with van der Waals surface area (Å²) in [6.45, 7) is 2.80. The Bertz CT molecular complexity index is 284. The topological polar surface area (TPSA) is 30.3 Å². The molecule has 2 heterocycles. The molecule has 1 aliphatic heterocycles. The standard InChI is InChI=1S/C9H15N3O/c1-11-3-4-13-9(7-11)8-5-10-12(2)6-8/h5-6,9H,3-4,7H2,1-2H3/t9-/m1/s1. The molecule has 72 valence electrons. The van der Waals surface area contributed by atoms with Crippen LogP contribution in [0.1, 0.15) is 11.7 Å². The molecule has 13 heavy (non-hydrogen) atoms. The van der Waals surface area contributed by atoms with Crippen molar-refractivity contribution in [3.63, 3.8) is 0 Å². The second kappa shape index (κ2) is 3.47. The Balaban J connectivity index is 2.08. The van der Waals surface area contributed by atoms with E-state index in [1.807, 2.05) is 24.1 Å². The quantitative estimate of drug-likeness (QED) is 0.629. The summed E-state index contributed by atoms with van der Waals surface area (Å²) in [7, 11) is 4.04. The lowest BCUT2D eigenvalue weighted by molar-refractivity contribution is -0.0209. The fourth-order valence-corrected chi connectivity index (χ4v) is 1.59. The highest BCUT2D eigenvalue weighted by Crippen LogP contribution is 2.20. The van der Waals surface area contributed by atoms with Crippen LogP contribution >= 0.6 is 0 Å². The van der Waals surface area contributed by atoms with Crippen LogP contribution in [0.4, 0.5) is 0 Å². The summed E-state index contributed by atoms with van der Waals surface area (Å²) in [5, 5.41) is 4.14. The lowest BCUT2D eigenvalue weighted by Crippen LogP contribution is -2.35. The van der Waals surface area contributed by atoms with Crippen LogP contribution in [0, 0.1) is 0 Å². The summed E-state index contributed by atoms with van der Waals surface area (Å²) in [6, 6.07) is 0. The molecule has 0 radical (unpaired) electrons. The maximum Gasteiger partial charge on any atom is 0.0982 e. The first kappa shape index (κ1) is 8.72. The summed E-state index contributed by atoms with van der Waals surface area (Å²) < 4.78 is 7.47. The van der Waals surface area contributed by atoms with Crippen molar-refractivity contribution in [1.82, 2.24) is 14.7 Å². The summed E-state index contributed by atoms with van der Waals surface area (Å²) in [5.74, 6) is 0. The number of likely N-dealkylation sites (N-methyl/N-ethyl adjacent to an activating group) is 1. The van der Waals surface area contributed by atoms with Crippen LogP contribution in [0.25, 0.3) is 0 Å². The average molecular weight is 181 g/mol. The molecule has 0 aromatic carbocycles. The molecule has 4 heteroatoms. The fraction of sp³-hybridized carbons (Fsp3) is 0.667. The maximum absolute atomic E-state index is 5.65. The Morgan fingerprint density at radius 1 is 1.54 bits per heavy atom. The van der Waals surface area contributed by atoms with E-state index in [9.17, 15) is 0 Å². The minimum absolute atomic E-state index is 0.201. The molecular formula is C9H15N3O. The first-order valence-electron chi connectivity index (χ1n) is 4.54. The Hall–Kier alpha value is -0.870. The average Bonchev–Trinajstić information content (AvgIpc) is 2.52. The number of morpholine rings is 1. The van der Waals surface area contributed by atoms with Crippen LogP contribution in [-0.2, 0) is 11.8 Å². The molecule has 1 aliphatic rings. The van der Waals surface area contributed by atoms with Gasteiger partial charge in [0.2, 0.25) is 0 Å². The third-order valence-electron chi connectivity index (χ3n) is 2.37. The van der Waals surface area contributed by atoms with E-state index in [4.69, 9.17) is 4.74 Å². The van der Waals surface area contributed by atoms with E-state index in [0.29, 0.717) is 0 Å². The number of rotatable bonds is 1. The normalized spacial score (nSPS) is 24.9. The van der Waals surface area contributed by atoms with E-state index in [2.05, 4.69) is 17.0 Å². The molecule has 0 aliphatic carbocycles. The van der Waals surface area contributed by atoms with Crippen LogP contribution in [0.5, 0.6) is 0 Å². The highest BCUT2D eigenvalue weighted by molar-refractivity contribution is 5.09. The van der Waals surface area contributed by atoms with Crippen molar-refractivity contribution in [2.75, 3.05) is 26.7 Å². The molecule has 1 aromatic rings. The van der Waals surface area contributed by atoms with Crippen LogP contribution in [0.15, 0.2) is 12.4 Å². The molecule has 0 amide bonds. The van der Waals surface area contributed by atoms with Gasteiger partial charge in [0.25, 0.3) is 0 Å². The van der Waals surface area contributed by atoms with Crippen molar-refractivity contribution in [1.29, 1.82) is 0 Å². The summed E-state index contributed by atoms with van der Waals surface area (Å²) >= 11 is 0.